The van der Waals surface area contributed by atoms with Crippen molar-refractivity contribution < 1.29 is 14.6 Å². The Morgan fingerprint density at radius 2 is 1.40 bits per heavy atom. The molecule has 1 atom stereocenters. The summed E-state index contributed by atoms with van der Waals surface area (Å²) < 4.78 is 5.49. The fraction of sp³-hybridized carbons (Fsp3) is 0.682. The largest absolute Gasteiger partial charge is 0.479 e. The number of hydrogen-bond donors (Lipinski definition) is 1. The summed E-state index contributed by atoms with van der Waals surface area (Å²) in [6.45, 7) is 4.08. The molecule has 1 rings (SSSR count). The monoisotopic (exact) mass is 348 g/mol. The number of aliphatic carboxylic acids is 1. The number of carboxylic acid groups (broad SMARTS) is 1. The van der Waals surface area contributed by atoms with Crippen molar-refractivity contribution in [2.24, 2.45) is 0 Å². The van der Waals surface area contributed by atoms with Crippen molar-refractivity contribution in [1.82, 2.24) is 0 Å². The maximum atomic E-state index is 11.0. The first-order chi connectivity index (χ1) is 12.2. The molecule has 0 spiro atoms. The van der Waals surface area contributed by atoms with Gasteiger partial charge in [-0.15, -0.1) is 0 Å². The molecule has 0 radical (unpaired) electrons. The van der Waals surface area contributed by atoms with Crippen molar-refractivity contribution in [1.29, 1.82) is 0 Å². The first kappa shape index (κ1) is 21.5. The van der Waals surface area contributed by atoms with Crippen LogP contribution in [0.15, 0.2) is 24.3 Å². The summed E-state index contributed by atoms with van der Waals surface area (Å²) in [5.74, 6) is -0.266. The zero-order chi connectivity index (χ0) is 18.3. The molecule has 1 aromatic carbocycles. The van der Waals surface area contributed by atoms with E-state index in [0.717, 1.165) is 6.42 Å². The number of aryl methyl sites for hydroxylation is 1. The van der Waals surface area contributed by atoms with E-state index in [4.69, 9.17) is 9.84 Å². The molecule has 0 bridgehead atoms. The quantitative estimate of drug-likeness (QED) is 0.373. The van der Waals surface area contributed by atoms with Crippen LogP contribution < -0.4 is 4.74 Å². The molecule has 3 heteroatoms. The molecule has 0 aromatic heterocycles. The van der Waals surface area contributed by atoms with Gasteiger partial charge in [-0.05, 0) is 37.0 Å². The number of ether oxygens (including phenoxy) is 1. The Kier molecular flexibility index (Phi) is 11.8. The van der Waals surface area contributed by atoms with Crippen LogP contribution in [0.1, 0.15) is 90.0 Å². The first-order valence-corrected chi connectivity index (χ1v) is 10.2. The van der Waals surface area contributed by atoms with Crippen LogP contribution in [0.3, 0.4) is 0 Å². The molecule has 142 valence electrons. The zero-order valence-electron chi connectivity index (χ0n) is 16.1. The maximum absolute atomic E-state index is 11.0. The lowest BCUT2D eigenvalue weighted by Gasteiger charge is -2.13. The van der Waals surface area contributed by atoms with E-state index in [0.29, 0.717) is 12.2 Å². The van der Waals surface area contributed by atoms with Crippen molar-refractivity contribution in [2.75, 3.05) is 0 Å². The van der Waals surface area contributed by atoms with Gasteiger partial charge in [0, 0.05) is 0 Å². The Balaban J connectivity index is 2.10. The van der Waals surface area contributed by atoms with Crippen molar-refractivity contribution in [2.45, 2.75) is 97.0 Å². The highest BCUT2D eigenvalue weighted by Gasteiger charge is 2.16. The van der Waals surface area contributed by atoms with E-state index >= 15 is 0 Å². The van der Waals surface area contributed by atoms with Crippen molar-refractivity contribution in [3.05, 3.63) is 29.8 Å². The summed E-state index contributed by atoms with van der Waals surface area (Å²) in [7, 11) is 0. The average molecular weight is 349 g/mol. The predicted molar refractivity (Wildman–Crippen MR) is 104 cm³/mol. The van der Waals surface area contributed by atoms with Gasteiger partial charge in [0.1, 0.15) is 5.75 Å². The van der Waals surface area contributed by atoms with Gasteiger partial charge in [0.25, 0.3) is 0 Å². The van der Waals surface area contributed by atoms with Crippen molar-refractivity contribution >= 4 is 5.97 Å². The lowest BCUT2D eigenvalue weighted by molar-refractivity contribution is -0.145. The number of carboxylic acids is 1. The van der Waals surface area contributed by atoms with E-state index in [1.54, 1.807) is 0 Å². The van der Waals surface area contributed by atoms with Crippen LogP contribution in [0.2, 0.25) is 0 Å². The van der Waals surface area contributed by atoms with Crippen LogP contribution in [0.5, 0.6) is 5.75 Å². The van der Waals surface area contributed by atoms with Gasteiger partial charge in [-0.25, -0.2) is 4.79 Å². The van der Waals surface area contributed by atoms with Crippen LogP contribution in [-0.4, -0.2) is 17.2 Å². The molecule has 0 aliphatic carbocycles. The second-order valence-electron chi connectivity index (χ2n) is 6.93. The Hall–Kier alpha value is -1.51. The van der Waals surface area contributed by atoms with Gasteiger partial charge in [0.15, 0.2) is 6.10 Å². The predicted octanol–water partition coefficient (Wildman–Crippen LogP) is 6.39. The van der Waals surface area contributed by atoms with Gasteiger partial charge in [0.05, 0.1) is 0 Å². The Bertz CT molecular complexity index is 453. The molecular weight excluding hydrogens is 312 g/mol. The van der Waals surface area contributed by atoms with E-state index < -0.39 is 12.1 Å². The minimum Gasteiger partial charge on any atom is -0.479 e. The summed E-state index contributed by atoms with van der Waals surface area (Å²) in [5.41, 5.74) is 1.30. The third kappa shape index (κ3) is 10.2. The van der Waals surface area contributed by atoms with Crippen LogP contribution in [0, 0.1) is 0 Å². The summed E-state index contributed by atoms with van der Waals surface area (Å²) in [6.07, 6.45) is 14.3. The van der Waals surface area contributed by atoms with Gasteiger partial charge < -0.3 is 9.84 Å². The van der Waals surface area contributed by atoms with E-state index in [2.05, 4.69) is 19.1 Å². The van der Waals surface area contributed by atoms with E-state index in [9.17, 15) is 4.79 Å². The third-order valence-electron chi connectivity index (χ3n) is 4.67. The van der Waals surface area contributed by atoms with Crippen LogP contribution in [0.4, 0.5) is 0 Å². The number of hydrogen-bond acceptors (Lipinski definition) is 2. The van der Waals surface area contributed by atoms with E-state index in [1.807, 2.05) is 19.1 Å². The summed E-state index contributed by atoms with van der Waals surface area (Å²) in [5, 5.41) is 9.02. The number of carbonyl (C=O) groups is 1. The molecule has 0 heterocycles. The van der Waals surface area contributed by atoms with Gasteiger partial charge >= 0.3 is 5.97 Å². The van der Waals surface area contributed by atoms with E-state index in [-0.39, 0.29) is 0 Å². The lowest BCUT2D eigenvalue weighted by Crippen LogP contribution is -2.25. The molecule has 1 aromatic rings. The zero-order valence-corrected chi connectivity index (χ0v) is 16.1. The summed E-state index contributed by atoms with van der Waals surface area (Å²) >= 11 is 0. The van der Waals surface area contributed by atoms with Crippen LogP contribution >= 0.6 is 0 Å². The topological polar surface area (TPSA) is 46.5 Å². The Morgan fingerprint density at radius 3 is 1.88 bits per heavy atom. The highest BCUT2D eigenvalue weighted by Crippen LogP contribution is 2.17. The van der Waals surface area contributed by atoms with Crippen LogP contribution in [-0.2, 0) is 11.2 Å². The highest BCUT2D eigenvalue weighted by atomic mass is 16.5. The molecule has 25 heavy (non-hydrogen) atoms. The molecule has 0 fully saturated rings. The Labute approximate surface area is 153 Å². The minimum atomic E-state index is -0.906. The fourth-order valence-corrected chi connectivity index (χ4v) is 3.02. The lowest BCUT2D eigenvalue weighted by atomic mass is 10.0. The van der Waals surface area contributed by atoms with Crippen molar-refractivity contribution in [3.63, 3.8) is 0 Å². The summed E-state index contributed by atoms with van der Waals surface area (Å²) in [4.78, 5) is 11.0. The Morgan fingerprint density at radius 1 is 0.880 bits per heavy atom. The van der Waals surface area contributed by atoms with Crippen LogP contribution in [0.25, 0.3) is 0 Å². The number of unbranched alkanes of at least 4 members (excludes halogenated alkanes) is 9. The van der Waals surface area contributed by atoms with E-state index in [1.165, 1.54) is 69.8 Å². The molecule has 0 saturated carbocycles. The first-order valence-electron chi connectivity index (χ1n) is 10.2. The molecule has 1 N–H and O–H groups in total. The molecule has 0 aliphatic heterocycles. The third-order valence-corrected chi connectivity index (χ3v) is 4.67. The SMILES string of the molecule is CCCCCCCCCCCCc1ccc(OC(CC)C(=O)O)cc1. The smallest absolute Gasteiger partial charge is 0.344 e. The minimum absolute atomic E-state index is 0.468. The maximum Gasteiger partial charge on any atom is 0.344 e. The molecule has 0 aliphatic rings. The normalized spacial score (nSPS) is 12.1. The molecule has 1 unspecified atom stereocenters. The number of benzene rings is 1. The van der Waals surface area contributed by atoms with Gasteiger partial charge in [-0.1, -0.05) is 83.8 Å². The molecule has 0 saturated heterocycles. The summed E-state index contributed by atoms with van der Waals surface area (Å²) in [6, 6.07) is 7.88. The standard InChI is InChI=1S/C22H36O3/c1-3-5-6-7-8-9-10-11-12-13-14-19-15-17-20(18-16-19)25-21(4-2)22(23)24/h15-18,21H,3-14H2,1-2H3,(H,23,24). The van der Waals surface area contributed by atoms with Gasteiger partial charge in [-0.2, -0.15) is 0 Å². The van der Waals surface area contributed by atoms with Crippen molar-refractivity contribution in [3.8, 4) is 5.75 Å². The molecular formula is C22H36O3. The number of rotatable bonds is 15. The average Bonchev–Trinajstić information content (AvgIpc) is 2.62. The second kappa shape index (κ2) is 13.7. The molecule has 3 nitrogen and oxygen atoms in total. The molecule has 0 amide bonds. The second-order valence-corrected chi connectivity index (χ2v) is 6.93. The highest BCUT2D eigenvalue weighted by molar-refractivity contribution is 5.72. The fourth-order valence-electron chi connectivity index (χ4n) is 3.02. The van der Waals surface area contributed by atoms with Gasteiger partial charge in [0.2, 0.25) is 0 Å². The van der Waals surface area contributed by atoms with Gasteiger partial charge in [-0.3, -0.25) is 0 Å².